The van der Waals surface area contributed by atoms with E-state index in [1.807, 2.05) is 6.92 Å². The molecule has 15 heavy (non-hydrogen) atoms. The number of aromatic nitrogens is 2. The van der Waals surface area contributed by atoms with Crippen LogP contribution in [0.3, 0.4) is 0 Å². The molecule has 1 aromatic rings. The van der Waals surface area contributed by atoms with E-state index in [-0.39, 0.29) is 11.9 Å². The van der Waals surface area contributed by atoms with Crippen LogP contribution in [-0.4, -0.2) is 21.7 Å². The molecule has 0 aliphatic rings. The van der Waals surface area contributed by atoms with Crippen LogP contribution in [0.1, 0.15) is 23.7 Å². The van der Waals surface area contributed by atoms with Crippen molar-refractivity contribution in [2.45, 2.75) is 19.4 Å². The second-order valence-electron chi connectivity index (χ2n) is 3.47. The van der Waals surface area contributed by atoms with Gasteiger partial charge < -0.3 is 11.1 Å². The molecule has 1 aromatic heterocycles. The number of nitrogens with two attached hydrogens (primary N) is 1. The van der Waals surface area contributed by atoms with E-state index in [0.717, 1.165) is 6.42 Å². The summed E-state index contributed by atoms with van der Waals surface area (Å²) in [6.07, 6.45) is 3.95. The fourth-order valence-electron chi connectivity index (χ4n) is 1.23. The van der Waals surface area contributed by atoms with Gasteiger partial charge in [-0.25, -0.2) is 0 Å². The van der Waals surface area contributed by atoms with Gasteiger partial charge in [-0.15, -0.1) is 6.58 Å². The molecule has 0 aliphatic heterocycles. The van der Waals surface area contributed by atoms with E-state index in [1.54, 1.807) is 13.1 Å². The van der Waals surface area contributed by atoms with Crippen LogP contribution in [0.4, 0.5) is 5.82 Å². The Balaban J connectivity index is 2.69. The van der Waals surface area contributed by atoms with Crippen LogP contribution in [0.25, 0.3) is 0 Å². The molecule has 1 atom stereocenters. The number of nitrogen functional groups attached to an aromatic ring is 1. The lowest BCUT2D eigenvalue weighted by Gasteiger charge is -2.10. The Morgan fingerprint density at radius 3 is 3.00 bits per heavy atom. The molecule has 0 fully saturated rings. The van der Waals surface area contributed by atoms with Crippen molar-refractivity contribution in [2.24, 2.45) is 7.05 Å². The van der Waals surface area contributed by atoms with Gasteiger partial charge in [0.05, 0.1) is 6.20 Å². The maximum atomic E-state index is 11.7. The highest BCUT2D eigenvalue weighted by molar-refractivity contribution is 5.98. The van der Waals surface area contributed by atoms with Gasteiger partial charge >= 0.3 is 0 Å². The van der Waals surface area contributed by atoms with E-state index in [9.17, 15) is 4.79 Å². The van der Waals surface area contributed by atoms with Crippen molar-refractivity contribution in [3.8, 4) is 0 Å². The number of amides is 1. The molecule has 5 nitrogen and oxygen atoms in total. The monoisotopic (exact) mass is 208 g/mol. The molecule has 0 spiro atoms. The normalized spacial score (nSPS) is 12.1. The van der Waals surface area contributed by atoms with Crippen LogP contribution in [0, 0.1) is 0 Å². The Labute approximate surface area is 89.0 Å². The first-order valence-corrected chi connectivity index (χ1v) is 4.75. The van der Waals surface area contributed by atoms with Gasteiger partial charge in [0.25, 0.3) is 5.91 Å². The number of aryl methyl sites for hydroxylation is 1. The van der Waals surface area contributed by atoms with Gasteiger partial charge in [-0.05, 0) is 13.3 Å². The van der Waals surface area contributed by atoms with Gasteiger partial charge in [0.1, 0.15) is 11.4 Å². The van der Waals surface area contributed by atoms with Crippen LogP contribution < -0.4 is 11.1 Å². The molecule has 0 bridgehead atoms. The van der Waals surface area contributed by atoms with E-state index in [4.69, 9.17) is 5.73 Å². The number of nitrogens with zero attached hydrogens (tertiary/aromatic N) is 2. The number of rotatable bonds is 4. The molecule has 1 rings (SSSR count). The van der Waals surface area contributed by atoms with Crippen molar-refractivity contribution < 1.29 is 4.79 Å². The van der Waals surface area contributed by atoms with E-state index < -0.39 is 0 Å². The third-order valence-corrected chi connectivity index (χ3v) is 2.13. The first kappa shape index (κ1) is 11.3. The third-order valence-electron chi connectivity index (χ3n) is 2.13. The molecule has 0 aromatic carbocycles. The zero-order valence-electron chi connectivity index (χ0n) is 9.03. The van der Waals surface area contributed by atoms with E-state index >= 15 is 0 Å². The summed E-state index contributed by atoms with van der Waals surface area (Å²) in [4.78, 5) is 11.7. The summed E-state index contributed by atoms with van der Waals surface area (Å²) in [7, 11) is 1.69. The smallest absolute Gasteiger partial charge is 0.256 e. The van der Waals surface area contributed by atoms with Gasteiger partial charge in [-0.3, -0.25) is 9.48 Å². The summed E-state index contributed by atoms with van der Waals surface area (Å²) in [6.45, 7) is 5.52. The zero-order valence-corrected chi connectivity index (χ0v) is 9.03. The minimum absolute atomic E-state index is 0.0506. The number of carbonyl (C=O) groups is 1. The molecular formula is C10H16N4O. The van der Waals surface area contributed by atoms with Crippen LogP contribution >= 0.6 is 0 Å². The van der Waals surface area contributed by atoms with Gasteiger partial charge in [0, 0.05) is 13.1 Å². The van der Waals surface area contributed by atoms with Gasteiger partial charge in [-0.2, -0.15) is 5.10 Å². The number of anilines is 1. The van der Waals surface area contributed by atoms with Crippen molar-refractivity contribution in [1.82, 2.24) is 15.1 Å². The summed E-state index contributed by atoms with van der Waals surface area (Å²) < 4.78 is 1.47. The molecule has 1 unspecified atom stereocenters. The number of nitrogens with one attached hydrogen (secondary N) is 1. The minimum Gasteiger partial charge on any atom is -0.383 e. The minimum atomic E-state index is -0.199. The van der Waals surface area contributed by atoms with Gasteiger partial charge in [0.2, 0.25) is 0 Å². The van der Waals surface area contributed by atoms with Crippen LogP contribution in [0.5, 0.6) is 0 Å². The molecule has 5 heteroatoms. The molecule has 0 radical (unpaired) electrons. The quantitative estimate of drug-likeness (QED) is 0.715. The van der Waals surface area contributed by atoms with E-state index in [0.29, 0.717) is 11.4 Å². The summed E-state index contributed by atoms with van der Waals surface area (Å²) in [5.41, 5.74) is 6.08. The van der Waals surface area contributed by atoms with Crippen LogP contribution in [0.2, 0.25) is 0 Å². The molecule has 3 N–H and O–H groups in total. The largest absolute Gasteiger partial charge is 0.383 e. The second-order valence-corrected chi connectivity index (χ2v) is 3.47. The highest BCUT2D eigenvalue weighted by Gasteiger charge is 2.14. The van der Waals surface area contributed by atoms with Crippen molar-refractivity contribution in [3.63, 3.8) is 0 Å². The molecule has 1 amide bonds. The number of carbonyl (C=O) groups excluding carboxylic acids is 1. The Morgan fingerprint density at radius 1 is 1.87 bits per heavy atom. The third kappa shape index (κ3) is 2.59. The lowest BCUT2D eigenvalue weighted by molar-refractivity contribution is 0.0941. The maximum absolute atomic E-state index is 11.7. The zero-order chi connectivity index (χ0) is 11.4. The van der Waals surface area contributed by atoms with Gasteiger partial charge in [0.15, 0.2) is 0 Å². The highest BCUT2D eigenvalue weighted by atomic mass is 16.1. The van der Waals surface area contributed by atoms with Crippen molar-refractivity contribution in [2.75, 3.05) is 5.73 Å². The van der Waals surface area contributed by atoms with Crippen molar-refractivity contribution in [3.05, 3.63) is 24.4 Å². The average molecular weight is 208 g/mol. The Hall–Kier alpha value is -1.78. The van der Waals surface area contributed by atoms with Gasteiger partial charge in [-0.1, -0.05) is 6.08 Å². The Kier molecular flexibility index (Phi) is 3.49. The average Bonchev–Trinajstić information content (AvgIpc) is 2.48. The summed E-state index contributed by atoms with van der Waals surface area (Å²) in [5.74, 6) is 0.174. The first-order valence-electron chi connectivity index (χ1n) is 4.75. The lowest BCUT2D eigenvalue weighted by atomic mass is 10.2. The SMILES string of the molecule is C=CCC(C)NC(=O)c1cnn(C)c1N. The summed E-state index contributed by atoms with van der Waals surface area (Å²) in [5, 5.41) is 6.71. The molecular weight excluding hydrogens is 192 g/mol. The fraction of sp³-hybridized carbons (Fsp3) is 0.400. The standard InChI is InChI=1S/C10H16N4O/c1-4-5-7(2)13-10(15)8-6-12-14(3)9(8)11/h4,6-7H,1,5,11H2,2-3H3,(H,13,15). The number of hydrogen-bond donors (Lipinski definition) is 2. The molecule has 1 heterocycles. The number of hydrogen-bond acceptors (Lipinski definition) is 3. The van der Waals surface area contributed by atoms with Crippen LogP contribution in [0.15, 0.2) is 18.9 Å². The predicted molar refractivity (Wildman–Crippen MR) is 59.4 cm³/mol. The second kappa shape index (κ2) is 4.63. The highest BCUT2D eigenvalue weighted by Crippen LogP contribution is 2.09. The lowest BCUT2D eigenvalue weighted by Crippen LogP contribution is -2.32. The van der Waals surface area contributed by atoms with E-state index in [1.165, 1.54) is 10.9 Å². The molecule has 0 aliphatic carbocycles. The van der Waals surface area contributed by atoms with Crippen LogP contribution in [-0.2, 0) is 7.05 Å². The van der Waals surface area contributed by atoms with E-state index in [2.05, 4.69) is 17.0 Å². The molecule has 82 valence electrons. The Morgan fingerprint density at radius 2 is 2.53 bits per heavy atom. The van der Waals surface area contributed by atoms with Crippen molar-refractivity contribution >= 4 is 11.7 Å². The molecule has 0 saturated heterocycles. The summed E-state index contributed by atoms with van der Waals surface area (Å²) in [6, 6.07) is 0.0506. The summed E-state index contributed by atoms with van der Waals surface area (Å²) >= 11 is 0. The Bertz CT molecular complexity index is 369. The topological polar surface area (TPSA) is 72.9 Å². The first-order chi connectivity index (χ1) is 7.06. The molecule has 0 saturated carbocycles. The van der Waals surface area contributed by atoms with Crippen molar-refractivity contribution in [1.29, 1.82) is 0 Å². The fourth-order valence-corrected chi connectivity index (χ4v) is 1.23. The maximum Gasteiger partial charge on any atom is 0.256 e. The predicted octanol–water partition coefficient (Wildman–Crippen LogP) is 0.697.